The number of aromatic nitrogens is 5. The third-order valence-corrected chi connectivity index (χ3v) is 6.06. The first kappa shape index (κ1) is 19.9. The molecule has 29 heavy (non-hydrogen) atoms. The Bertz CT molecular complexity index is 1300. The van der Waals surface area contributed by atoms with Gasteiger partial charge in [-0.25, -0.2) is 14.2 Å². The maximum Gasteiger partial charge on any atom is 0.400 e. The number of aryl methyl sites for hydroxylation is 1. The van der Waals surface area contributed by atoms with Gasteiger partial charge in [0, 0.05) is 23.4 Å². The van der Waals surface area contributed by atoms with Crippen LogP contribution in [0.5, 0.6) is 0 Å². The van der Waals surface area contributed by atoms with E-state index in [-0.39, 0.29) is 11.6 Å². The number of thiazole rings is 1. The Morgan fingerprint density at radius 2 is 2.21 bits per heavy atom. The van der Waals surface area contributed by atoms with Crippen LogP contribution in [0.15, 0.2) is 38.1 Å². The lowest BCUT2D eigenvalue weighted by atomic mass is 10.2. The summed E-state index contributed by atoms with van der Waals surface area (Å²) >= 11 is 6.33. The maximum absolute atomic E-state index is 13.1. The first-order chi connectivity index (χ1) is 13.6. The van der Waals surface area contributed by atoms with Gasteiger partial charge in [0.1, 0.15) is 5.65 Å². The van der Waals surface area contributed by atoms with E-state index in [1.54, 1.807) is 41.4 Å². The van der Waals surface area contributed by atoms with E-state index in [1.165, 1.54) is 11.3 Å². The van der Waals surface area contributed by atoms with Crippen LogP contribution in [-0.4, -0.2) is 35.0 Å². The van der Waals surface area contributed by atoms with Crippen molar-refractivity contribution in [3.8, 4) is 11.4 Å². The van der Waals surface area contributed by atoms with Crippen molar-refractivity contribution in [2.75, 3.05) is 6.26 Å². The van der Waals surface area contributed by atoms with Crippen LogP contribution in [-0.2, 0) is 20.9 Å². The molecule has 1 unspecified atom stereocenters. The van der Waals surface area contributed by atoms with Crippen molar-refractivity contribution < 1.29 is 17.5 Å². The summed E-state index contributed by atoms with van der Waals surface area (Å²) in [5.74, 6) is -0.378. The molecule has 0 amide bonds. The van der Waals surface area contributed by atoms with E-state index in [4.69, 9.17) is 11.6 Å². The molecule has 0 saturated heterocycles. The minimum Gasteiger partial charge on any atom is -0.331 e. The van der Waals surface area contributed by atoms with Gasteiger partial charge < -0.3 is 4.52 Å². The van der Waals surface area contributed by atoms with Crippen LogP contribution in [0, 0.1) is 6.92 Å². The molecule has 0 spiro atoms. The Hall–Kier alpha value is -2.44. The monoisotopic (exact) mass is 458 g/mol. The van der Waals surface area contributed by atoms with Gasteiger partial charge >= 0.3 is 11.3 Å². The van der Waals surface area contributed by atoms with Crippen molar-refractivity contribution >= 4 is 44.1 Å². The molecule has 13 heteroatoms. The average molecular weight is 459 g/mol. The van der Waals surface area contributed by atoms with Gasteiger partial charge in [-0.3, -0.25) is 4.40 Å². The van der Waals surface area contributed by atoms with Gasteiger partial charge in [-0.1, -0.05) is 5.16 Å². The third kappa shape index (κ3) is 4.14. The number of nitrogens with zero attached hydrogens (tertiary/aromatic N) is 6. The van der Waals surface area contributed by atoms with Crippen LogP contribution in [0.1, 0.15) is 17.3 Å². The quantitative estimate of drug-likeness (QED) is 0.412. The molecule has 4 heterocycles. The number of alkyl halides is 3. The van der Waals surface area contributed by atoms with Gasteiger partial charge in [0.2, 0.25) is 5.82 Å². The largest absolute Gasteiger partial charge is 0.400 e. The summed E-state index contributed by atoms with van der Waals surface area (Å²) in [4.78, 5) is 12.2. The van der Waals surface area contributed by atoms with Gasteiger partial charge in [-0.05, 0) is 30.7 Å². The molecule has 0 aliphatic rings. The minimum absolute atomic E-state index is 0.0511. The second-order valence-corrected chi connectivity index (χ2v) is 9.84. The van der Waals surface area contributed by atoms with Crippen LogP contribution in [0.4, 0.5) is 14.6 Å². The summed E-state index contributed by atoms with van der Waals surface area (Å²) in [6.07, 6.45) is 3.18. The van der Waals surface area contributed by atoms with E-state index in [0.717, 1.165) is 0 Å². The van der Waals surface area contributed by atoms with E-state index in [9.17, 15) is 13.0 Å². The topological polar surface area (TPSA) is 98.5 Å². The SMILES string of the molecule is Cc1nc2cc(-c3noc(C(F)(F)Cl)n3)ccn2c1N=S(C)(=O)Cc1cscn1. The zero-order valence-electron chi connectivity index (χ0n) is 15.0. The van der Waals surface area contributed by atoms with E-state index in [2.05, 4.69) is 29.0 Å². The second kappa shape index (κ2) is 7.11. The maximum atomic E-state index is 13.1. The van der Waals surface area contributed by atoms with E-state index < -0.39 is 21.0 Å². The molecule has 0 aromatic carbocycles. The molecule has 0 N–H and O–H groups in total. The molecular formula is C16H13ClF2N6O2S2. The molecule has 0 radical (unpaired) electrons. The summed E-state index contributed by atoms with van der Waals surface area (Å²) in [7, 11) is -2.60. The van der Waals surface area contributed by atoms with E-state index in [0.29, 0.717) is 28.4 Å². The highest BCUT2D eigenvalue weighted by molar-refractivity contribution is 7.92. The van der Waals surface area contributed by atoms with Gasteiger partial charge in [0.05, 0.1) is 32.4 Å². The summed E-state index contributed by atoms with van der Waals surface area (Å²) in [5, 5.41) is 1.61. The number of hydrogen-bond donors (Lipinski definition) is 0. The summed E-state index contributed by atoms with van der Waals surface area (Å²) in [5.41, 5.74) is 3.83. The van der Waals surface area contributed by atoms with Crippen molar-refractivity contribution in [3.63, 3.8) is 0 Å². The molecule has 1 atom stereocenters. The van der Waals surface area contributed by atoms with Crippen LogP contribution in [0.2, 0.25) is 0 Å². The lowest BCUT2D eigenvalue weighted by molar-refractivity contribution is 0.0551. The highest BCUT2D eigenvalue weighted by atomic mass is 35.5. The van der Waals surface area contributed by atoms with Gasteiger partial charge in [-0.15, -0.1) is 11.3 Å². The standard InChI is InChI=1S/C16H13ClF2N6O2S2/c1-9-14(24-29(2,26)7-11-6-28-8-20-11)25-4-3-10(5-12(25)21-9)13-22-15(27-23-13)16(17,18)19/h3-6,8H,7H2,1-2H3. The Labute approximate surface area is 172 Å². The highest BCUT2D eigenvalue weighted by Crippen LogP contribution is 2.32. The zero-order chi connectivity index (χ0) is 20.8. The molecule has 4 rings (SSSR count). The fourth-order valence-corrected chi connectivity index (χ4v) is 4.75. The van der Waals surface area contributed by atoms with Crippen LogP contribution < -0.4 is 0 Å². The fraction of sp³-hybridized carbons (Fsp3) is 0.250. The normalized spacial score (nSPS) is 14.2. The lowest BCUT2D eigenvalue weighted by Gasteiger charge is -2.03. The summed E-state index contributed by atoms with van der Waals surface area (Å²) < 4.78 is 49.7. The Morgan fingerprint density at radius 1 is 1.41 bits per heavy atom. The van der Waals surface area contributed by atoms with Crippen molar-refractivity contribution in [3.05, 3.63) is 46.5 Å². The molecule has 0 saturated carbocycles. The number of fused-ring (bicyclic) bond motifs is 1. The van der Waals surface area contributed by atoms with Crippen molar-refractivity contribution in [1.82, 2.24) is 24.5 Å². The first-order valence-electron chi connectivity index (χ1n) is 8.09. The third-order valence-electron chi connectivity index (χ3n) is 3.87. The molecule has 8 nitrogen and oxygen atoms in total. The number of halogens is 3. The van der Waals surface area contributed by atoms with Crippen molar-refractivity contribution in [2.45, 2.75) is 18.1 Å². The molecule has 4 aromatic heterocycles. The number of rotatable bonds is 5. The number of hydrogen-bond acceptors (Lipinski definition) is 8. The lowest BCUT2D eigenvalue weighted by Crippen LogP contribution is -2.03. The highest BCUT2D eigenvalue weighted by Gasteiger charge is 2.35. The summed E-state index contributed by atoms with van der Waals surface area (Å²) in [6, 6.07) is 3.18. The fourth-order valence-electron chi connectivity index (χ4n) is 2.65. The molecule has 0 bridgehead atoms. The predicted molar refractivity (Wildman–Crippen MR) is 105 cm³/mol. The number of pyridine rings is 1. The Kier molecular flexibility index (Phi) is 4.87. The van der Waals surface area contributed by atoms with Crippen molar-refractivity contribution in [1.29, 1.82) is 0 Å². The van der Waals surface area contributed by atoms with Crippen LogP contribution >= 0.6 is 22.9 Å². The predicted octanol–water partition coefficient (Wildman–Crippen LogP) is 4.37. The Balaban J connectivity index is 1.73. The molecule has 0 fully saturated rings. The first-order valence-corrected chi connectivity index (χ1v) is 11.5. The van der Waals surface area contributed by atoms with Crippen LogP contribution in [0.25, 0.3) is 17.0 Å². The van der Waals surface area contributed by atoms with Crippen molar-refractivity contribution in [2.24, 2.45) is 4.36 Å². The summed E-state index contributed by atoms with van der Waals surface area (Å²) in [6.45, 7) is 1.74. The van der Waals surface area contributed by atoms with Gasteiger partial charge in [-0.2, -0.15) is 18.1 Å². The molecule has 0 aliphatic carbocycles. The molecule has 152 valence electrons. The van der Waals surface area contributed by atoms with Gasteiger partial charge in [0.15, 0.2) is 5.82 Å². The molecular weight excluding hydrogens is 446 g/mol. The van der Waals surface area contributed by atoms with Crippen LogP contribution in [0.3, 0.4) is 0 Å². The molecule has 4 aromatic rings. The average Bonchev–Trinajstić information content (AvgIpc) is 3.35. The zero-order valence-corrected chi connectivity index (χ0v) is 17.4. The second-order valence-electron chi connectivity index (χ2n) is 6.26. The van der Waals surface area contributed by atoms with E-state index >= 15 is 0 Å². The smallest absolute Gasteiger partial charge is 0.331 e. The van der Waals surface area contributed by atoms with E-state index in [1.807, 2.05) is 5.38 Å². The number of imidazole rings is 1. The molecule has 0 aliphatic heterocycles. The Morgan fingerprint density at radius 3 is 2.86 bits per heavy atom. The van der Waals surface area contributed by atoms with Gasteiger partial charge in [0.25, 0.3) is 0 Å². The minimum atomic E-state index is -3.75.